The van der Waals surface area contributed by atoms with E-state index in [1.54, 1.807) is 60.7 Å². The summed E-state index contributed by atoms with van der Waals surface area (Å²) < 4.78 is 7.17. The first-order valence-corrected chi connectivity index (χ1v) is 14.0. The number of hydrogen-bond donors (Lipinski definition) is 1. The minimum Gasteiger partial charge on any atom is -0.486 e. The fourth-order valence-corrected chi connectivity index (χ4v) is 6.23. The monoisotopic (exact) mass is 702 g/mol. The summed E-state index contributed by atoms with van der Waals surface area (Å²) in [5, 5.41) is 3.58. The van der Waals surface area contributed by atoms with E-state index in [0.717, 1.165) is 22.2 Å². The van der Waals surface area contributed by atoms with Crippen LogP contribution >= 0.6 is 78.4 Å². The van der Waals surface area contributed by atoms with Crippen LogP contribution in [0.1, 0.15) is 11.1 Å². The van der Waals surface area contributed by atoms with Gasteiger partial charge in [-0.1, -0.05) is 46.9 Å². The first-order chi connectivity index (χ1) is 17.6. The van der Waals surface area contributed by atoms with Crippen molar-refractivity contribution in [3.8, 4) is 5.75 Å². The summed E-state index contributed by atoms with van der Waals surface area (Å²) in [4.78, 5) is 38.8. The fraction of sp³-hybridized carbons (Fsp3) is 0.0800. The van der Waals surface area contributed by atoms with Gasteiger partial charge < -0.3 is 10.1 Å². The Hall–Kier alpha value is -2.01. The predicted octanol–water partition coefficient (Wildman–Crippen LogP) is 8.43. The average molecular weight is 706 g/mol. The summed E-state index contributed by atoms with van der Waals surface area (Å²) in [7, 11) is 0. The van der Waals surface area contributed by atoms with Crippen LogP contribution < -0.4 is 10.1 Å². The highest BCUT2D eigenvalue weighted by Gasteiger charge is 2.36. The molecule has 0 bridgehead atoms. The van der Waals surface area contributed by atoms with E-state index in [1.807, 2.05) is 0 Å². The van der Waals surface area contributed by atoms with E-state index in [9.17, 15) is 14.4 Å². The number of amides is 3. The Morgan fingerprint density at radius 2 is 1.70 bits per heavy atom. The molecule has 3 aromatic rings. The van der Waals surface area contributed by atoms with E-state index >= 15 is 0 Å². The molecule has 1 N–H and O–H groups in total. The van der Waals surface area contributed by atoms with Gasteiger partial charge in [-0.15, -0.1) is 0 Å². The first kappa shape index (κ1) is 28.0. The van der Waals surface area contributed by atoms with Gasteiger partial charge in [-0.2, -0.15) is 0 Å². The van der Waals surface area contributed by atoms with E-state index in [0.29, 0.717) is 41.0 Å². The zero-order valence-corrected chi connectivity index (χ0v) is 24.8. The number of benzene rings is 3. The molecule has 0 unspecified atom stereocenters. The Morgan fingerprint density at radius 1 is 1.00 bits per heavy atom. The molecule has 3 amide bonds. The summed E-state index contributed by atoms with van der Waals surface area (Å²) in [6.07, 6.45) is 1.58. The highest BCUT2D eigenvalue weighted by atomic mass is 79.9. The smallest absolute Gasteiger partial charge is 0.294 e. The molecule has 0 radical (unpaired) electrons. The Morgan fingerprint density at radius 3 is 2.38 bits per heavy atom. The summed E-state index contributed by atoms with van der Waals surface area (Å²) in [6.45, 7) is -0.204. The van der Waals surface area contributed by atoms with Gasteiger partial charge in [0.1, 0.15) is 18.9 Å². The van der Waals surface area contributed by atoms with Gasteiger partial charge in [-0.05, 0) is 97.7 Å². The summed E-state index contributed by atoms with van der Waals surface area (Å²) >= 11 is 25.8. The number of ether oxygens (including phenoxy) is 1. The van der Waals surface area contributed by atoms with Crippen LogP contribution in [0.15, 0.2) is 68.4 Å². The molecule has 3 aromatic carbocycles. The van der Waals surface area contributed by atoms with Gasteiger partial charge in [-0.25, -0.2) is 0 Å². The van der Waals surface area contributed by atoms with Crippen molar-refractivity contribution < 1.29 is 19.1 Å². The number of thioether (sulfide) groups is 1. The topological polar surface area (TPSA) is 75.7 Å². The number of nitrogens with one attached hydrogen (secondary N) is 1. The summed E-state index contributed by atoms with van der Waals surface area (Å²) in [5.41, 5.74) is 1.88. The van der Waals surface area contributed by atoms with Gasteiger partial charge >= 0.3 is 0 Å². The van der Waals surface area contributed by atoms with Crippen LogP contribution in [0.3, 0.4) is 0 Å². The molecular weight excluding hydrogens is 691 g/mol. The van der Waals surface area contributed by atoms with Gasteiger partial charge in [0.05, 0.1) is 13.9 Å². The van der Waals surface area contributed by atoms with Gasteiger partial charge in [0.15, 0.2) is 0 Å². The third kappa shape index (κ3) is 7.10. The number of carbonyl (C=O) groups excluding carboxylic acids is 3. The molecule has 0 aromatic heterocycles. The van der Waals surface area contributed by atoms with Gasteiger partial charge in [0, 0.05) is 26.3 Å². The van der Waals surface area contributed by atoms with Crippen LogP contribution in [0.4, 0.5) is 10.5 Å². The molecule has 1 aliphatic rings. The molecule has 1 saturated heterocycles. The zero-order valence-electron chi connectivity index (χ0n) is 18.6. The van der Waals surface area contributed by atoms with Crippen molar-refractivity contribution in [2.24, 2.45) is 0 Å². The molecule has 4 rings (SSSR count). The lowest BCUT2D eigenvalue weighted by Crippen LogP contribution is -2.36. The molecule has 1 fully saturated rings. The molecule has 1 heterocycles. The van der Waals surface area contributed by atoms with E-state index in [-0.39, 0.29) is 11.5 Å². The van der Waals surface area contributed by atoms with E-state index in [1.165, 1.54) is 0 Å². The Balaban J connectivity index is 1.44. The van der Waals surface area contributed by atoms with Crippen LogP contribution in [0.5, 0.6) is 5.75 Å². The standard InChI is InChI=1S/C25H15Br2Cl3N2O4S/c26-18-6-13(7-19(27)23(18)36-12-14-4-5-16(29)10-20(14)30)8-21-24(34)32(25(35)37-21)11-22(33)31-17-3-1-2-15(28)9-17/h1-10H,11-12H2,(H,31,33)/b21-8+. The van der Waals surface area contributed by atoms with Gasteiger partial charge in [0.2, 0.25) is 5.91 Å². The second kappa shape index (κ2) is 12.2. The summed E-state index contributed by atoms with van der Waals surface area (Å²) in [6, 6.07) is 15.2. The number of halogens is 5. The Kier molecular flexibility index (Phi) is 9.26. The predicted molar refractivity (Wildman–Crippen MR) is 155 cm³/mol. The van der Waals surface area contributed by atoms with Crippen molar-refractivity contribution in [1.29, 1.82) is 0 Å². The van der Waals surface area contributed by atoms with Crippen LogP contribution in [-0.2, 0) is 16.2 Å². The minimum absolute atomic E-state index is 0.195. The number of nitrogens with zero attached hydrogens (tertiary/aromatic N) is 1. The highest BCUT2D eigenvalue weighted by molar-refractivity contribution is 9.11. The molecule has 12 heteroatoms. The number of carbonyl (C=O) groups is 3. The second-order valence-electron chi connectivity index (χ2n) is 7.66. The molecule has 0 spiro atoms. The van der Waals surface area contributed by atoms with Crippen LogP contribution in [-0.4, -0.2) is 28.5 Å². The molecule has 0 saturated carbocycles. The number of imide groups is 1. The second-order valence-corrected chi connectivity index (χ2v) is 11.6. The molecular formula is C25H15Br2Cl3N2O4S. The molecule has 37 heavy (non-hydrogen) atoms. The van der Waals surface area contributed by atoms with E-state index in [4.69, 9.17) is 39.5 Å². The van der Waals surface area contributed by atoms with Crippen LogP contribution in [0.2, 0.25) is 15.1 Å². The third-order valence-corrected chi connectivity index (χ3v) is 7.90. The normalized spacial score (nSPS) is 14.4. The number of anilines is 1. The van der Waals surface area contributed by atoms with E-state index in [2.05, 4.69) is 37.2 Å². The van der Waals surface area contributed by atoms with Crippen molar-refractivity contribution in [2.45, 2.75) is 6.61 Å². The van der Waals surface area contributed by atoms with Gasteiger partial charge in [0.25, 0.3) is 11.1 Å². The first-order valence-electron chi connectivity index (χ1n) is 10.5. The molecule has 0 aliphatic carbocycles. The van der Waals surface area contributed by atoms with Crippen LogP contribution in [0.25, 0.3) is 6.08 Å². The van der Waals surface area contributed by atoms with Crippen molar-refractivity contribution in [3.05, 3.63) is 94.6 Å². The maximum absolute atomic E-state index is 12.9. The van der Waals surface area contributed by atoms with E-state index < -0.39 is 23.6 Å². The maximum Gasteiger partial charge on any atom is 0.294 e. The fourth-order valence-electron chi connectivity index (χ4n) is 3.29. The zero-order chi connectivity index (χ0) is 26.7. The number of hydrogen-bond acceptors (Lipinski definition) is 5. The Bertz CT molecular complexity index is 1430. The largest absolute Gasteiger partial charge is 0.486 e. The number of rotatable bonds is 7. The van der Waals surface area contributed by atoms with Crippen LogP contribution in [0, 0.1) is 0 Å². The molecule has 1 aliphatic heterocycles. The maximum atomic E-state index is 12.9. The van der Waals surface area contributed by atoms with Gasteiger partial charge in [-0.3, -0.25) is 19.3 Å². The molecule has 0 atom stereocenters. The lowest BCUT2D eigenvalue weighted by molar-refractivity contribution is -0.127. The average Bonchev–Trinajstić information content (AvgIpc) is 3.07. The van der Waals surface area contributed by atoms with Crippen molar-refractivity contribution in [3.63, 3.8) is 0 Å². The molecule has 190 valence electrons. The highest BCUT2D eigenvalue weighted by Crippen LogP contribution is 2.38. The SMILES string of the molecule is O=C(CN1C(=O)S/C(=C/c2cc(Br)c(OCc3ccc(Cl)cc3Cl)c(Br)c2)C1=O)Nc1cccc(Cl)c1. The van der Waals surface area contributed by atoms with Crippen molar-refractivity contribution >= 4 is 107 Å². The minimum atomic E-state index is -0.554. The summed E-state index contributed by atoms with van der Waals surface area (Å²) in [5.74, 6) is -0.534. The molecule has 6 nitrogen and oxygen atoms in total. The van der Waals surface area contributed by atoms with Crippen molar-refractivity contribution in [1.82, 2.24) is 4.90 Å². The third-order valence-electron chi connectivity index (χ3n) is 4.99. The lowest BCUT2D eigenvalue weighted by Gasteiger charge is -2.13. The Labute approximate surface area is 248 Å². The quantitative estimate of drug-likeness (QED) is 0.250. The van der Waals surface area contributed by atoms with Crippen molar-refractivity contribution in [2.75, 3.05) is 11.9 Å². The lowest BCUT2D eigenvalue weighted by atomic mass is 10.2.